The molecule has 0 aliphatic carbocycles. The van der Waals surface area contributed by atoms with Crippen molar-refractivity contribution in [1.29, 1.82) is 5.26 Å². The minimum Gasteiger partial charge on any atom is -0.466 e. The van der Waals surface area contributed by atoms with E-state index in [0.29, 0.717) is 10.9 Å². The first-order valence-electron chi connectivity index (χ1n) is 6.24. The molecule has 0 fully saturated rings. The number of benzene rings is 1. The van der Waals surface area contributed by atoms with Crippen molar-refractivity contribution >= 4 is 34.4 Å². The average Bonchev–Trinajstić information content (AvgIpc) is 2.46. The van der Waals surface area contributed by atoms with Crippen molar-refractivity contribution < 1.29 is 14.3 Å². The SMILES string of the molecule is CCOC(=O)CC(=O)CSC(=Nc1ccccc1)NC#N. The van der Waals surface area contributed by atoms with E-state index in [4.69, 9.17) is 10.00 Å². The predicted molar refractivity (Wildman–Crippen MR) is 81.0 cm³/mol. The van der Waals surface area contributed by atoms with Crippen LogP contribution in [-0.4, -0.2) is 29.3 Å². The van der Waals surface area contributed by atoms with Gasteiger partial charge in [0, 0.05) is 0 Å². The Morgan fingerprint density at radius 2 is 2.10 bits per heavy atom. The number of nitriles is 1. The third-order valence-electron chi connectivity index (χ3n) is 2.17. The molecule has 1 N–H and O–H groups in total. The van der Waals surface area contributed by atoms with Crippen LogP contribution in [0.5, 0.6) is 0 Å². The molecular weight excluding hydrogens is 290 g/mol. The number of ketones is 1. The standard InChI is InChI=1S/C14H15N3O3S/c1-2-20-13(19)8-12(18)9-21-14(16-10-15)17-11-6-4-3-5-7-11/h3-7H,2,8-9H2,1H3,(H,16,17). The van der Waals surface area contributed by atoms with Crippen molar-refractivity contribution in [2.45, 2.75) is 13.3 Å². The largest absolute Gasteiger partial charge is 0.466 e. The van der Waals surface area contributed by atoms with Crippen molar-refractivity contribution in [2.24, 2.45) is 4.99 Å². The number of esters is 1. The van der Waals surface area contributed by atoms with Crippen LogP contribution in [0.25, 0.3) is 0 Å². The molecule has 7 heteroatoms. The lowest BCUT2D eigenvalue weighted by Gasteiger charge is -2.04. The number of rotatable bonds is 6. The molecule has 0 saturated heterocycles. The van der Waals surface area contributed by atoms with E-state index in [9.17, 15) is 9.59 Å². The van der Waals surface area contributed by atoms with Gasteiger partial charge in [0.05, 0.1) is 18.0 Å². The molecule has 0 aliphatic heterocycles. The number of ether oxygens (including phenoxy) is 1. The van der Waals surface area contributed by atoms with Crippen molar-refractivity contribution in [3.8, 4) is 6.19 Å². The average molecular weight is 305 g/mol. The van der Waals surface area contributed by atoms with Gasteiger partial charge >= 0.3 is 5.97 Å². The zero-order valence-electron chi connectivity index (χ0n) is 11.5. The number of aliphatic imine (C=N–C) groups is 1. The molecule has 1 aromatic carbocycles. The highest BCUT2D eigenvalue weighted by molar-refractivity contribution is 8.14. The number of hydrogen-bond acceptors (Lipinski definition) is 6. The van der Waals surface area contributed by atoms with Gasteiger partial charge in [-0.15, -0.1) is 0 Å². The Morgan fingerprint density at radius 1 is 1.38 bits per heavy atom. The highest BCUT2D eigenvalue weighted by Gasteiger charge is 2.12. The van der Waals surface area contributed by atoms with Gasteiger partial charge in [0.1, 0.15) is 6.42 Å². The maximum absolute atomic E-state index is 11.6. The molecule has 0 aliphatic rings. The molecule has 0 heterocycles. The lowest BCUT2D eigenvalue weighted by atomic mass is 10.3. The Kier molecular flexibility index (Phi) is 7.61. The molecule has 0 aromatic heterocycles. The number of nitrogens with one attached hydrogen (secondary N) is 1. The second-order valence-electron chi connectivity index (χ2n) is 3.80. The molecule has 0 radical (unpaired) electrons. The molecule has 6 nitrogen and oxygen atoms in total. The summed E-state index contributed by atoms with van der Waals surface area (Å²) in [5.74, 6) is -0.782. The van der Waals surface area contributed by atoms with Crippen LogP contribution >= 0.6 is 11.8 Å². The molecule has 0 amide bonds. The van der Waals surface area contributed by atoms with Crippen LogP contribution in [0.3, 0.4) is 0 Å². The normalized spacial score (nSPS) is 10.6. The Balaban J connectivity index is 2.56. The Hall–Kier alpha value is -2.33. The van der Waals surface area contributed by atoms with Gasteiger partial charge in [-0.2, -0.15) is 5.26 Å². The first-order valence-corrected chi connectivity index (χ1v) is 7.23. The minimum atomic E-state index is -0.544. The van der Waals surface area contributed by atoms with E-state index in [2.05, 4.69) is 10.3 Å². The summed E-state index contributed by atoms with van der Waals surface area (Å²) < 4.78 is 4.70. The molecule has 21 heavy (non-hydrogen) atoms. The molecule has 0 bridgehead atoms. The van der Waals surface area contributed by atoms with E-state index in [-0.39, 0.29) is 24.6 Å². The van der Waals surface area contributed by atoms with Gasteiger partial charge in [0.2, 0.25) is 0 Å². The van der Waals surface area contributed by atoms with Crippen LogP contribution in [0.2, 0.25) is 0 Å². The smallest absolute Gasteiger partial charge is 0.313 e. The Labute approximate surface area is 127 Å². The summed E-state index contributed by atoms with van der Waals surface area (Å²) in [6, 6.07) is 9.05. The number of nitrogens with zero attached hydrogens (tertiary/aromatic N) is 2. The van der Waals surface area contributed by atoms with Crippen molar-refractivity contribution in [1.82, 2.24) is 5.32 Å². The third kappa shape index (κ3) is 7.13. The number of carbonyl (C=O) groups is 2. The second-order valence-corrected chi connectivity index (χ2v) is 4.76. The maximum atomic E-state index is 11.6. The summed E-state index contributed by atoms with van der Waals surface area (Å²) in [7, 11) is 0. The number of carbonyl (C=O) groups excluding carboxylic acids is 2. The number of thioether (sulfide) groups is 1. The van der Waals surface area contributed by atoms with E-state index in [1.165, 1.54) is 0 Å². The van der Waals surface area contributed by atoms with Crippen LogP contribution in [0, 0.1) is 11.5 Å². The number of Topliss-reactive ketones (excluding diaryl/α,β-unsaturated/α-hetero) is 1. The molecular formula is C14H15N3O3S. The Morgan fingerprint density at radius 3 is 2.71 bits per heavy atom. The highest BCUT2D eigenvalue weighted by Crippen LogP contribution is 2.14. The molecule has 0 unspecified atom stereocenters. The molecule has 1 aromatic rings. The van der Waals surface area contributed by atoms with E-state index in [1.54, 1.807) is 25.2 Å². The summed E-state index contributed by atoms with van der Waals surface area (Å²) in [6.07, 6.45) is 1.50. The predicted octanol–water partition coefficient (Wildman–Crippen LogP) is 2.00. The lowest BCUT2D eigenvalue weighted by molar-refractivity contribution is -0.145. The number of hydrogen-bond donors (Lipinski definition) is 1. The van der Waals surface area contributed by atoms with Crippen LogP contribution in [0.15, 0.2) is 35.3 Å². The van der Waals surface area contributed by atoms with E-state index >= 15 is 0 Å². The van der Waals surface area contributed by atoms with Crippen LogP contribution in [0.1, 0.15) is 13.3 Å². The number of amidine groups is 1. The molecule has 0 atom stereocenters. The first-order chi connectivity index (χ1) is 10.2. The summed E-state index contributed by atoms with van der Waals surface area (Å²) in [5, 5.41) is 11.4. The van der Waals surface area contributed by atoms with Crippen molar-refractivity contribution in [3.05, 3.63) is 30.3 Å². The third-order valence-corrected chi connectivity index (χ3v) is 3.10. The highest BCUT2D eigenvalue weighted by atomic mass is 32.2. The van der Waals surface area contributed by atoms with Gasteiger partial charge in [-0.05, 0) is 19.1 Å². The van der Waals surface area contributed by atoms with Crippen LogP contribution < -0.4 is 5.32 Å². The van der Waals surface area contributed by atoms with E-state index in [1.807, 2.05) is 18.2 Å². The monoisotopic (exact) mass is 305 g/mol. The molecule has 0 spiro atoms. The van der Waals surface area contributed by atoms with Gasteiger partial charge in [-0.1, -0.05) is 30.0 Å². The zero-order valence-corrected chi connectivity index (χ0v) is 12.4. The van der Waals surface area contributed by atoms with Gasteiger partial charge in [0.25, 0.3) is 0 Å². The lowest BCUT2D eigenvalue weighted by Crippen LogP contribution is -2.18. The van der Waals surface area contributed by atoms with E-state index in [0.717, 1.165) is 11.8 Å². The fourth-order valence-corrected chi connectivity index (χ4v) is 2.02. The summed E-state index contributed by atoms with van der Waals surface area (Å²) >= 11 is 1.07. The maximum Gasteiger partial charge on any atom is 0.313 e. The topological polar surface area (TPSA) is 91.6 Å². The van der Waals surface area contributed by atoms with Gasteiger partial charge in [-0.3, -0.25) is 14.9 Å². The fourth-order valence-electron chi connectivity index (χ4n) is 1.34. The summed E-state index contributed by atoms with van der Waals surface area (Å²) in [4.78, 5) is 27.0. The van der Waals surface area contributed by atoms with Crippen LogP contribution in [-0.2, 0) is 14.3 Å². The van der Waals surface area contributed by atoms with E-state index < -0.39 is 5.97 Å². The zero-order chi connectivity index (χ0) is 15.5. The second kappa shape index (κ2) is 9.55. The fraction of sp³-hybridized carbons (Fsp3) is 0.286. The molecule has 1 rings (SSSR count). The van der Waals surface area contributed by atoms with Crippen molar-refractivity contribution in [2.75, 3.05) is 12.4 Å². The van der Waals surface area contributed by atoms with Gasteiger partial charge < -0.3 is 4.74 Å². The van der Waals surface area contributed by atoms with Gasteiger partial charge in [0.15, 0.2) is 17.1 Å². The van der Waals surface area contributed by atoms with Gasteiger partial charge in [-0.25, -0.2) is 4.99 Å². The van der Waals surface area contributed by atoms with Crippen LogP contribution in [0.4, 0.5) is 5.69 Å². The molecule has 110 valence electrons. The molecule has 0 saturated carbocycles. The Bertz CT molecular complexity index is 552. The number of para-hydroxylation sites is 1. The summed E-state index contributed by atoms with van der Waals surface area (Å²) in [5.41, 5.74) is 0.667. The first kappa shape index (κ1) is 16.7. The quantitative estimate of drug-likeness (QED) is 0.216. The summed E-state index contributed by atoms with van der Waals surface area (Å²) in [6.45, 7) is 1.93. The minimum absolute atomic E-state index is 0.0408. The van der Waals surface area contributed by atoms with Crippen molar-refractivity contribution in [3.63, 3.8) is 0 Å².